The van der Waals surface area contributed by atoms with Gasteiger partial charge >= 0.3 is 0 Å². The van der Waals surface area contributed by atoms with Gasteiger partial charge in [-0.25, -0.2) is 4.98 Å². The van der Waals surface area contributed by atoms with Crippen molar-refractivity contribution in [1.29, 1.82) is 0 Å². The molecule has 1 aliphatic rings. The zero-order chi connectivity index (χ0) is 14.4. The van der Waals surface area contributed by atoms with Crippen LogP contribution in [0.3, 0.4) is 0 Å². The summed E-state index contributed by atoms with van der Waals surface area (Å²) in [6.07, 6.45) is 8.09. The van der Waals surface area contributed by atoms with Crippen molar-refractivity contribution in [3.63, 3.8) is 0 Å². The molecular weight excluding hydrogens is 258 g/mol. The van der Waals surface area contributed by atoms with Crippen LogP contribution in [0.15, 0.2) is 36.8 Å². The second-order valence-corrected chi connectivity index (χ2v) is 4.60. The van der Waals surface area contributed by atoms with Gasteiger partial charge in [0, 0.05) is 24.6 Å². The van der Waals surface area contributed by atoms with Gasteiger partial charge in [-0.05, 0) is 31.4 Å². The zero-order valence-electron chi connectivity index (χ0n) is 11.0. The van der Waals surface area contributed by atoms with E-state index >= 15 is 0 Å². The molecule has 0 saturated heterocycles. The van der Waals surface area contributed by atoms with E-state index in [9.17, 15) is 5.11 Å². The summed E-state index contributed by atoms with van der Waals surface area (Å²) in [5, 5.41) is 16.5. The highest BCUT2D eigenvalue weighted by molar-refractivity contribution is 5.49. The van der Waals surface area contributed by atoms with Crippen LogP contribution in [0.1, 0.15) is 25.3 Å². The number of pyridine rings is 1. The van der Waals surface area contributed by atoms with E-state index in [1.807, 2.05) is 24.4 Å². The number of hydrogen-bond donors (Lipinski definition) is 2. The summed E-state index contributed by atoms with van der Waals surface area (Å²) < 4.78 is 2.14. The monoisotopic (exact) mass is 275 g/mol. The Morgan fingerprint density at radius 2 is 2.05 bits per heavy atom. The molecule has 0 aliphatic heterocycles. The summed E-state index contributed by atoms with van der Waals surface area (Å²) >= 11 is 0. The minimum atomic E-state index is -0.250. The maximum Gasteiger partial charge on any atom is 0.290 e. The molecule has 106 valence electrons. The number of aliphatic hydroxyl groups excluding tert-OH is 1. The van der Waals surface area contributed by atoms with Gasteiger partial charge in [0.15, 0.2) is 5.82 Å². The van der Waals surface area contributed by atoms with E-state index in [-0.39, 0.29) is 12.6 Å². The Hall–Kier alpha value is -2.21. The molecule has 20 heavy (non-hydrogen) atoms. The molecule has 2 heterocycles. The molecule has 6 heteroatoms. The fourth-order valence-corrected chi connectivity index (χ4v) is 2.49. The van der Waals surface area contributed by atoms with E-state index in [1.54, 1.807) is 12.4 Å². The lowest BCUT2D eigenvalue weighted by Gasteiger charge is -2.14. The first-order valence-electron chi connectivity index (χ1n) is 6.46. The van der Waals surface area contributed by atoms with Crippen LogP contribution in [0.5, 0.6) is 0 Å². The predicted molar refractivity (Wildman–Crippen MR) is 73.0 cm³/mol. The minimum absolute atomic E-state index is 0.168. The van der Waals surface area contributed by atoms with Gasteiger partial charge < -0.3 is 14.8 Å². The molecule has 0 spiro atoms. The van der Waals surface area contributed by atoms with E-state index in [2.05, 4.69) is 14.5 Å². The molecule has 0 bridgehead atoms. The first kappa shape index (κ1) is 14.2. The molecule has 2 atom stereocenters. The smallest absolute Gasteiger partial charge is 0.290 e. The number of aliphatic hydroxyl groups is 1. The van der Waals surface area contributed by atoms with Crippen molar-refractivity contribution >= 4 is 6.47 Å². The van der Waals surface area contributed by atoms with Crippen molar-refractivity contribution in [2.24, 2.45) is 0 Å². The molecule has 1 saturated carbocycles. The number of rotatable bonds is 2. The van der Waals surface area contributed by atoms with Crippen molar-refractivity contribution in [3.05, 3.63) is 36.8 Å². The van der Waals surface area contributed by atoms with Crippen molar-refractivity contribution in [3.8, 4) is 11.5 Å². The maximum absolute atomic E-state index is 9.61. The zero-order valence-corrected chi connectivity index (χ0v) is 11.0. The van der Waals surface area contributed by atoms with Gasteiger partial charge in [0.05, 0.1) is 6.10 Å². The summed E-state index contributed by atoms with van der Waals surface area (Å²) in [4.78, 5) is 17.1. The van der Waals surface area contributed by atoms with Crippen molar-refractivity contribution < 1.29 is 15.0 Å². The Morgan fingerprint density at radius 3 is 2.65 bits per heavy atom. The molecule has 0 amide bonds. The van der Waals surface area contributed by atoms with Crippen LogP contribution in [-0.2, 0) is 4.79 Å². The molecule has 2 aromatic heterocycles. The number of nitrogens with zero attached hydrogens (tertiary/aromatic N) is 3. The van der Waals surface area contributed by atoms with E-state index in [4.69, 9.17) is 9.90 Å². The number of carbonyl (C=O) groups is 1. The summed E-state index contributed by atoms with van der Waals surface area (Å²) in [6.45, 7) is -0.250. The summed E-state index contributed by atoms with van der Waals surface area (Å²) in [7, 11) is 0. The van der Waals surface area contributed by atoms with Crippen LogP contribution in [-0.4, -0.2) is 37.3 Å². The highest BCUT2D eigenvalue weighted by Gasteiger charge is 2.25. The fraction of sp³-hybridized carbons (Fsp3) is 0.357. The van der Waals surface area contributed by atoms with Crippen molar-refractivity contribution in [2.75, 3.05) is 0 Å². The summed E-state index contributed by atoms with van der Waals surface area (Å²) in [5.74, 6) is 0.893. The quantitative estimate of drug-likeness (QED) is 0.815. The standard InChI is InChI=1S/C13H15N3O.CH2O2/c17-11-5-4-10(9-11)16-8-7-15-13(16)12-3-1-2-6-14-12;2-1-3/h1-3,6-8,10-11,17H,4-5,9H2;1H,(H,2,3)/t10-,11+;/m1./s1. The second-order valence-electron chi connectivity index (χ2n) is 4.60. The highest BCUT2D eigenvalue weighted by Crippen LogP contribution is 2.32. The number of hydrogen-bond acceptors (Lipinski definition) is 4. The van der Waals surface area contributed by atoms with Gasteiger partial charge in [-0.2, -0.15) is 0 Å². The Balaban J connectivity index is 0.000000452. The van der Waals surface area contributed by atoms with Crippen LogP contribution < -0.4 is 0 Å². The third-order valence-electron chi connectivity index (χ3n) is 3.33. The maximum atomic E-state index is 9.61. The van der Waals surface area contributed by atoms with Gasteiger partial charge in [-0.15, -0.1) is 0 Å². The van der Waals surface area contributed by atoms with Crippen LogP contribution >= 0.6 is 0 Å². The SMILES string of the molecule is O=CO.O[C@H]1CC[C@@H](n2ccnc2-c2ccccn2)C1. The molecule has 0 radical (unpaired) electrons. The number of imidazole rings is 1. The van der Waals surface area contributed by atoms with Gasteiger partial charge in [0.1, 0.15) is 5.69 Å². The molecule has 2 aromatic rings. The van der Waals surface area contributed by atoms with Gasteiger partial charge in [0.2, 0.25) is 0 Å². The number of carboxylic acid groups (broad SMARTS) is 1. The van der Waals surface area contributed by atoms with E-state index in [0.29, 0.717) is 6.04 Å². The lowest BCUT2D eigenvalue weighted by molar-refractivity contribution is -0.122. The molecule has 3 rings (SSSR count). The summed E-state index contributed by atoms with van der Waals surface area (Å²) in [6, 6.07) is 6.18. The van der Waals surface area contributed by atoms with Crippen LogP contribution in [0, 0.1) is 0 Å². The van der Waals surface area contributed by atoms with Gasteiger partial charge in [-0.1, -0.05) is 6.07 Å². The lowest BCUT2D eigenvalue weighted by Crippen LogP contribution is -2.08. The summed E-state index contributed by atoms with van der Waals surface area (Å²) in [5.41, 5.74) is 0.888. The van der Waals surface area contributed by atoms with Gasteiger partial charge in [0.25, 0.3) is 6.47 Å². The molecule has 2 N–H and O–H groups in total. The molecule has 0 unspecified atom stereocenters. The molecule has 1 fully saturated rings. The number of aromatic nitrogens is 3. The molecular formula is C14H17N3O3. The average molecular weight is 275 g/mol. The van der Waals surface area contributed by atoms with Crippen LogP contribution in [0.2, 0.25) is 0 Å². The van der Waals surface area contributed by atoms with Gasteiger partial charge in [-0.3, -0.25) is 9.78 Å². The normalized spacial score (nSPS) is 21.1. The average Bonchev–Trinajstić information content (AvgIpc) is 3.09. The first-order chi connectivity index (χ1) is 9.76. The Bertz CT molecular complexity index is 542. The van der Waals surface area contributed by atoms with Crippen molar-refractivity contribution in [2.45, 2.75) is 31.4 Å². The Labute approximate surface area is 116 Å². The third-order valence-corrected chi connectivity index (χ3v) is 3.33. The second kappa shape index (κ2) is 6.81. The largest absolute Gasteiger partial charge is 0.483 e. The van der Waals surface area contributed by atoms with E-state index in [1.165, 1.54) is 0 Å². The fourth-order valence-electron chi connectivity index (χ4n) is 2.49. The lowest BCUT2D eigenvalue weighted by atomic mass is 10.2. The minimum Gasteiger partial charge on any atom is -0.483 e. The third kappa shape index (κ3) is 3.21. The predicted octanol–water partition coefficient (Wildman–Crippen LogP) is 1.73. The van der Waals surface area contributed by atoms with Crippen LogP contribution in [0.25, 0.3) is 11.5 Å². The Morgan fingerprint density at radius 1 is 1.25 bits per heavy atom. The first-order valence-corrected chi connectivity index (χ1v) is 6.46. The van der Waals surface area contributed by atoms with E-state index in [0.717, 1.165) is 30.8 Å². The molecule has 0 aromatic carbocycles. The molecule has 6 nitrogen and oxygen atoms in total. The van der Waals surface area contributed by atoms with Crippen LogP contribution in [0.4, 0.5) is 0 Å². The van der Waals surface area contributed by atoms with Crippen molar-refractivity contribution in [1.82, 2.24) is 14.5 Å². The molecule has 1 aliphatic carbocycles. The van der Waals surface area contributed by atoms with E-state index < -0.39 is 0 Å². The Kier molecular flexibility index (Phi) is 4.84. The topological polar surface area (TPSA) is 88.2 Å². The highest BCUT2D eigenvalue weighted by atomic mass is 16.3.